The summed E-state index contributed by atoms with van der Waals surface area (Å²) in [4.78, 5) is 13.9. The molecule has 1 N–H and O–H groups in total. The van der Waals surface area contributed by atoms with E-state index in [0.717, 1.165) is 31.5 Å². The first-order chi connectivity index (χ1) is 9.11. The molecule has 1 aromatic carbocycles. The Morgan fingerprint density at radius 3 is 2.74 bits per heavy atom. The summed E-state index contributed by atoms with van der Waals surface area (Å²) in [7, 11) is 0. The molecule has 1 heterocycles. The highest BCUT2D eigenvalue weighted by Crippen LogP contribution is 2.27. The summed E-state index contributed by atoms with van der Waals surface area (Å²) in [6.07, 6.45) is 1.57. The maximum Gasteiger partial charge on any atom is 0.263 e. The number of carbonyl (C=O) groups excluding carboxylic acids is 1. The number of ether oxygens (including phenoxy) is 1. The van der Waals surface area contributed by atoms with Gasteiger partial charge in [0.05, 0.1) is 11.6 Å². The van der Waals surface area contributed by atoms with E-state index in [1.807, 2.05) is 4.90 Å². The Hall–Kier alpha value is -1.26. The van der Waals surface area contributed by atoms with E-state index in [1.165, 1.54) is 0 Å². The lowest BCUT2D eigenvalue weighted by Gasteiger charge is -2.21. The minimum absolute atomic E-state index is 0.000184. The third-order valence-corrected chi connectivity index (χ3v) is 3.54. The molecule has 5 heteroatoms. The predicted molar refractivity (Wildman–Crippen MR) is 73.3 cm³/mol. The molecule has 2 rings (SSSR count). The highest BCUT2D eigenvalue weighted by molar-refractivity contribution is 6.32. The first-order valence-corrected chi connectivity index (χ1v) is 6.84. The number of benzene rings is 1. The number of rotatable bonds is 4. The highest BCUT2D eigenvalue weighted by atomic mass is 35.5. The van der Waals surface area contributed by atoms with Crippen LogP contribution in [0.25, 0.3) is 0 Å². The van der Waals surface area contributed by atoms with Crippen molar-refractivity contribution in [1.82, 2.24) is 4.90 Å². The predicted octanol–water partition coefficient (Wildman–Crippen LogP) is 2.22. The Morgan fingerprint density at radius 1 is 1.47 bits per heavy atom. The van der Waals surface area contributed by atoms with Gasteiger partial charge < -0.3 is 14.7 Å². The summed E-state index contributed by atoms with van der Waals surface area (Å²) in [5.74, 6) is 0.471. The normalized spacial score (nSPS) is 16.5. The fourth-order valence-electron chi connectivity index (χ4n) is 2.17. The number of nitrogens with zero attached hydrogens (tertiary/aromatic N) is 1. The molecule has 104 valence electrons. The molecular weight excluding hydrogens is 266 g/mol. The Balaban J connectivity index is 2.01. The molecule has 1 amide bonds. The molecule has 0 aromatic heterocycles. The van der Waals surface area contributed by atoms with E-state index in [9.17, 15) is 4.79 Å². The van der Waals surface area contributed by atoms with Crippen LogP contribution in [-0.2, 0) is 11.4 Å². The zero-order valence-electron chi connectivity index (χ0n) is 10.9. The summed E-state index contributed by atoms with van der Waals surface area (Å²) in [6.45, 7) is 3.28. The van der Waals surface area contributed by atoms with E-state index >= 15 is 0 Å². The topological polar surface area (TPSA) is 49.8 Å². The van der Waals surface area contributed by atoms with Crippen molar-refractivity contribution in [3.05, 3.63) is 28.8 Å². The lowest BCUT2D eigenvalue weighted by Crippen LogP contribution is -2.38. The average Bonchev–Trinajstić information content (AvgIpc) is 2.94. The lowest BCUT2D eigenvalue weighted by molar-refractivity contribution is -0.136. The van der Waals surface area contributed by atoms with Crippen molar-refractivity contribution in [3.63, 3.8) is 0 Å². The van der Waals surface area contributed by atoms with E-state index in [4.69, 9.17) is 21.4 Å². The maximum absolute atomic E-state index is 12.1. The van der Waals surface area contributed by atoms with Crippen molar-refractivity contribution in [2.24, 2.45) is 0 Å². The van der Waals surface area contributed by atoms with Gasteiger partial charge in [0.2, 0.25) is 0 Å². The molecule has 0 bridgehead atoms. The van der Waals surface area contributed by atoms with E-state index in [2.05, 4.69) is 0 Å². The van der Waals surface area contributed by atoms with Crippen molar-refractivity contribution in [1.29, 1.82) is 0 Å². The summed E-state index contributed by atoms with van der Waals surface area (Å²) < 4.78 is 5.61. The Kier molecular flexibility index (Phi) is 4.66. The van der Waals surface area contributed by atoms with Gasteiger partial charge in [-0.1, -0.05) is 17.7 Å². The zero-order valence-corrected chi connectivity index (χ0v) is 11.7. The molecule has 1 fully saturated rings. The van der Waals surface area contributed by atoms with Crippen LogP contribution in [0.15, 0.2) is 18.2 Å². The van der Waals surface area contributed by atoms with E-state index in [0.29, 0.717) is 10.8 Å². The van der Waals surface area contributed by atoms with Crippen LogP contribution in [0.3, 0.4) is 0 Å². The minimum atomic E-state index is -0.546. The van der Waals surface area contributed by atoms with Crippen molar-refractivity contribution >= 4 is 17.5 Å². The molecule has 0 saturated carbocycles. The van der Waals surface area contributed by atoms with Crippen LogP contribution in [0.5, 0.6) is 5.75 Å². The van der Waals surface area contributed by atoms with Crippen molar-refractivity contribution in [3.8, 4) is 5.75 Å². The van der Waals surface area contributed by atoms with Crippen LogP contribution in [-0.4, -0.2) is 35.1 Å². The summed E-state index contributed by atoms with van der Waals surface area (Å²) in [5, 5.41) is 9.42. The van der Waals surface area contributed by atoms with Crippen molar-refractivity contribution in [2.45, 2.75) is 32.5 Å². The quantitative estimate of drug-likeness (QED) is 0.922. The number of hydrogen-bond donors (Lipinski definition) is 1. The molecule has 0 aliphatic carbocycles. The second-order valence-corrected chi connectivity index (χ2v) is 5.12. The van der Waals surface area contributed by atoms with Crippen molar-refractivity contribution < 1.29 is 14.6 Å². The standard InChI is InChI=1S/C14H18ClNO3/c1-10(14(18)16-6-2-3-7-16)19-13-5-4-11(9-17)8-12(13)15/h4-5,8,10,17H,2-3,6-7,9H2,1H3. The molecule has 4 nitrogen and oxygen atoms in total. The third kappa shape index (κ3) is 3.39. The average molecular weight is 284 g/mol. The monoisotopic (exact) mass is 283 g/mol. The number of aliphatic hydroxyl groups is 1. The van der Waals surface area contributed by atoms with Gasteiger partial charge in [0.15, 0.2) is 6.10 Å². The van der Waals surface area contributed by atoms with Crippen molar-refractivity contribution in [2.75, 3.05) is 13.1 Å². The van der Waals surface area contributed by atoms with E-state index < -0.39 is 6.10 Å². The van der Waals surface area contributed by atoms with Crippen LogP contribution in [0.2, 0.25) is 5.02 Å². The van der Waals surface area contributed by atoms with Gasteiger partial charge in [-0.15, -0.1) is 0 Å². The maximum atomic E-state index is 12.1. The molecule has 1 aliphatic rings. The molecule has 1 aliphatic heterocycles. The summed E-state index contributed by atoms with van der Waals surface area (Å²) >= 11 is 6.06. The molecule has 19 heavy (non-hydrogen) atoms. The molecule has 1 saturated heterocycles. The van der Waals surface area contributed by atoms with Crippen LogP contribution < -0.4 is 4.74 Å². The van der Waals surface area contributed by atoms with Gasteiger partial charge in [0, 0.05) is 13.1 Å². The zero-order chi connectivity index (χ0) is 13.8. The van der Waals surface area contributed by atoms with Gasteiger partial charge in [-0.25, -0.2) is 0 Å². The highest BCUT2D eigenvalue weighted by Gasteiger charge is 2.24. The van der Waals surface area contributed by atoms with Crippen LogP contribution in [0, 0.1) is 0 Å². The Bertz CT molecular complexity index is 458. The molecular formula is C14H18ClNO3. The largest absolute Gasteiger partial charge is 0.479 e. The van der Waals surface area contributed by atoms with Gasteiger partial charge in [-0.2, -0.15) is 0 Å². The molecule has 0 spiro atoms. The fraction of sp³-hybridized carbons (Fsp3) is 0.500. The lowest BCUT2D eigenvalue weighted by atomic mass is 10.2. The Morgan fingerprint density at radius 2 is 2.16 bits per heavy atom. The molecule has 1 unspecified atom stereocenters. The van der Waals surface area contributed by atoms with Gasteiger partial charge in [0.1, 0.15) is 5.75 Å². The smallest absolute Gasteiger partial charge is 0.263 e. The summed E-state index contributed by atoms with van der Waals surface area (Å²) in [5.41, 5.74) is 0.718. The number of likely N-dealkylation sites (tertiary alicyclic amines) is 1. The van der Waals surface area contributed by atoms with Crippen LogP contribution in [0.4, 0.5) is 0 Å². The third-order valence-electron chi connectivity index (χ3n) is 3.25. The number of carbonyl (C=O) groups is 1. The number of aliphatic hydroxyl groups excluding tert-OH is 1. The second kappa shape index (κ2) is 6.26. The second-order valence-electron chi connectivity index (χ2n) is 4.72. The molecule has 0 radical (unpaired) electrons. The molecule has 1 aromatic rings. The molecule has 1 atom stereocenters. The SMILES string of the molecule is CC(Oc1ccc(CO)cc1Cl)C(=O)N1CCCC1. The van der Waals surface area contributed by atoms with E-state index in [1.54, 1.807) is 25.1 Å². The van der Waals surface area contributed by atoms with Crippen LogP contribution >= 0.6 is 11.6 Å². The fourth-order valence-corrected chi connectivity index (χ4v) is 2.42. The van der Waals surface area contributed by atoms with Gasteiger partial charge in [-0.3, -0.25) is 4.79 Å². The first-order valence-electron chi connectivity index (χ1n) is 6.46. The van der Waals surface area contributed by atoms with Crippen LogP contribution in [0.1, 0.15) is 25.3 Å². The van der Waals surface area contributed by atoms with Gasteiger partial charge >= 0.3 is 0 Å². The van der Waals surface area contributed by atoms with Gasteiger partial charge in [0.25, 0.3) is 5.91 Å². The Labute approximate surface area is 117 Å². The number of halogens is 1. The number of amides is 1. The first kappa shape index (κ1) is 14.2. The van der Waals surface area contributed by atoms with Gasteiger partial charge in [-0.05, 0) is 37.5 Å². The van der Waals surface area contributed by atoms with E-state index in [-0.39, 0.29) is 12.5 Å². The summed E-state index contributed by atoms with van der Waals surface area (Å²) in [6, 6.07) is 5.06. The minimum Gasteiger partial charge on any atom is -0.479 e. The number of hydrogen-bond acceptors (Lipinski definition) is 3.